The molecule has 2 amide bonds. The van der Waals surface area contributed by atoms with E-state index in [-0.39, 0.29) is 17.2 Å². The molecule has 1 fully saturated rings. The van der Waals surface area contributed by atoms with Crippen LogP contribution in [0, 0.1) is 5.41 Å². The zero-order chi connectivity index (χ0) is 14.7. The van der Waals surface area contributed by atoms with E-state index >= 15 is 0 Å². The number of amides is 2. The van der Waals surface area contributed by atoms with Gasteiger partial charge in [-0.1, -0.05) is 6.08 Å². The molecule has 0 radical (unpaired) electrons. The summed E-state index contributed by atoms with van der Waals surface area (Å²) in [6.07, 6.45) is 9.75. The molecule has 5 heteroatoms. The maximum atomic E-state index is 12.2. The summed E-state index contributed by atoms with van der Waals surface area (Å²) in [5.74, 6) is -0.0309. The van der Waals surface area contributed by atoms with Gasteiger partial charge in [0.2, 0.25) is 5.91 Å². The summed E-state index contributed by atoms with van der Waals surface area (Å²) in [7, 11) is 0. The first-order valence-corrected chi connectivity index (χ1v) is 7.38. The third kappa shape index (κ3) is 2.82. The molecule has 5 nitrogen and oxygen atoms in total. The highest BCUT2D eigenvalue weighted by Gasteiger charge is 2.40. The predicted molar refractivity (Wildman–Crippen MR) is 78.3 cm³/mol. The zero-order valence-electron chi connectivity index (χ0n) is 11.9. The third-order valence-corrected chi connectivity index (χ3v) is 4.40. The van der Waals surface area contributed by atoms with Crippen LogP contribution < -0.4 is 10.6 Å². The fraction of sp³-hybridized carbons (Fsp3) is 0.438. The van der Waals surface area contributed by atoms with E-state index in [1.54, 1.807) is 24.5 Å². The van der Waals surface area contributed by atoms with Crippen LogP contribution in [0.1, 0.15) is 42.5 Å². The molecule has 2 aliphatic rings. The largest absolute Gasteiger partial charge is 0.351 e. The molecule has 3 rings (SSSR count). The lowest BCUT2D eigenvalue weighted by molar-refractivity contribution is -0.122. The molecule has 110 valence electrons. The van der Waals surface area contributed by atoms with Gasteiger partial charge >= 0.3 is 0 Å². The Hall–Kier alpha value is -2.17. The fourth-order valence-corrected chi connectivity index (χ4v) is 3.17. The van der Waals surface area contributed by atoms with Crippen molar-refractivity contribution >= 4 is 11.8 Å². The molecular formula is C16H19N3O2. The van der Waals surface area contributed by atoms with Gasteiger partial charge in [-0.3, -0.25) is 14.6 Å². The molecule has 0 saturated carbocycles. The second-order valence-corrected chi connectivity index (χ2v) is 5.76. The second kappa shape index (κ2) is 5.68. The van der Waals surface area contributed by atoms with Gasteiger partial charge in [0.15, 0.2) is 0 Å². The van der Waals surface area contributed by atoms with Crippen LogP contribution in [-0.2, 0) is 4.79 Å². The number of hydrogen-bond acceptors (Lipinski definition) is 3. The molecule has 0 spiro atoms. The molecule has 1 aliphatic carbocycles. The van der Waals surface area contributed by atoms with Gasteiger partial charge in [0.1, 0.15) is 0 Å². The Balaban J connectivity index is 1.71. The average molecular weight is 285 g/mol. The number of aromatic nitrogens is 1. The molecule has 1 aliphatic heterocycles. The van der Waals surface area contributed by atoms with Crippen LogP contribution in [0.25, 0.3) is 0 Å². The Bertz CT molecular complexity index is 582. The van der Waals surface area contributed by atoms with Crippen LogP contribution in [0.3, 0.4) is 0 Å². The number of carbonyl (C=O) groups excluding carboxylic acids is 2. The molecule has 2 N–H and O–H groups in total. The first-order chi connectivity index (χ1) is 10.2. The van der Waals surface area contributed by atoms with Crippen molar-refractivity contribution in [2.45, 2.75) is 32.1 Å². The first-order valence-electron chi connectivity index (χ1n) is 7.38. The number of nitrogens with one attached hydrogen (secondary N) is 2. The van der Waals surface area contributed by atoms with E-state index in [1.165, 1.54) is 0 Å². The number of nitrogens with zero attached hydrogens (tertiary/aromatic N) is 1. The van der Waals surface area contributed by atoms with Crippen LogP contribution in [0.15, 0.2) is 36.3 Å². The van der Waals surface area contributed by atoms with Gasteiger partial charge < -0.3 is 10.6 Å². The molecule has 1 aromatic heterocycles. The summed E-state index contributed by atoms with van der Waals surface area (Å²) < 4.78 is 0. The van der Waals surface area contributed by atoms with Crippen LogP contribution in [0.2, 0.25) is 0 Å². The number of piperidine rings is 1. The Kier molecular flexibility index (Phi) is 3.73. The van der Waals surface area contributed by atoms with E-state index in [0.717, 1.165) is 31.4 Å². The van der Waals surface area contributed by atoms with E-state index in [2.05, 4.69) is 21.7 Å². The van der Waals surface area contributed by atoms with E-state index < -0.39 is 0 Å². The first kappa shape index (κ1) is 13.8. The van der Waals surface area contributed by atoms with Crippen molar-refractivity contribution in [2.24, 2.45) is 5.41 Å². The molecule has 21 heavy (non-hydrogen) atoms. The molecule has 0 aromatic carbocycles. The van der Waals surface area contributed by atoms with Crippen molar-refractivity contribution < 1.29 is 9.59 Å². The van der Waals surface area contributed by atoms with Crippen molar-refractivity contribution in [1.29, 1.82) is 0 Å². The smallest absolute Gasteiger partial charge is 0.252 e. The number of hydrogen-bond donors (Lipinski definition) is 2. The molecule has 1 unspecified atom stereocenters. The van der Waals surface area contributed by atoms with Crippen LogP contribution >= 0.6 is 0 Å². The molecular weight excluding hydrogens is 266 g/mol. The van der Waals surface area contributed by atoms with Gasteiger partial charge in [0.25, 0.3) is 5.91 Å². The number of allylic oxidation sites excluding steroid dienone is 1. The summed E-state index contributed by atoms with van der Waals surface area (Å²) >= 11 is 0. The highest BCUT2D eigenvalue weighted by atomic mass is 16.2. The molecule has 2 heterocycles. The summed E-state index contributed by atoms with van der Waals surface area (Å²) in [6.45, 7) is 0.562. The Morgan fingerprint density at radius 3 is 3.14 bits per heavy atom. The van der Waals surface area contributed by atoms with E-state index in [9.17, 15) is 9.59 Å². The fourth-order valence-electron chi connectivity index (χ4n) is 3.17. The van der Waals surface area contributed by atoms with Gasteiger partial charge in [-0.25, -0.2) is 0 Å². The van der Waals surface area contributed by atoms with Crippen LogP contribution in [-0.4, -0.2) is 23.3 Å². The quantitative estimate of drug-likeness (QED) is 0.889. The Morgan fingerprint density at radius 1 is 1.43 bits per heavy atom. The predicted octanol–water partition coefficient (Wildman–Crippen LogP) is 1.78. The number of rotatable bonds is 3. The van der Waals surface area contributed by atoms with Crippen molar-refractivity contribution in [3.63, 3.8) is 0 Å². The van der Waals surface area contributed by atoms with E-state index in [0.29, 0.717) is 18.5 Å². The standard InChI is InChI=1S/C16H19N3O2/c20-14-6-8-16(7-2-1-5-13(16)19-14)11-18-15(21)12-4-3-9-17-10-12/h3-5,9-10H,1-2,6-8,11H2,(H,18,21)(H,19,20). The van der Waals surface area contributed by atoms with Crippen LogP contribution in [0.4, 0.5) is 0 Å². The highest BCUT2D eigenvalue weighted by molar-refractivity contribution is 5.93. The zero-order valence-corrected chi connectivity index (χ0v) is 11.9. The summed E-state index contributed by atoms with van der Waals surface area (Å²) in [4.78, 5) is 27.7. The maximum Gasteiger partial charge on any atom is 0.252 e. The van der Waals surface area contributed by atoms with E-state index in [4.69, 9.17) is 0 Å². The van der Waals surface area contributed by atoms with Gasteiger partial charge in [-0.05, 0) is 37.8 Å². The minimum atomic E-state index is -0.112. The lowest BCUT2D eigenvalue weighted by Crippen LogP contribution is -2.48. The van der Waals surface area contributed by atoms with Crippen molar-refractivity contribution in [1.82, 2.24) is 15.6 Å². The number of carbonyl (C=O) groups is 2. The second-order valence-electron chi connectivity index (χ2n) is 5.76. The van der Waals surface area contributed by atoms with Crippen molar-refractivity contribution in [3.8, 4) is 0 Å². The van der Waals surface area contributed by atoms with Gasteiger partial charge in [-0.2, -0.15) is 0 Å². The topological polar surface area (TPSA) is 71.1 Å². The van der Waals surface area contributed by atoms with Crippen LogP contribution in [0.5, 0.6) is 0 Å². The maximum absolute atomic E-state index is 12.2. The van der Waals surface area contributed by atoms with E-state index in [1.807, 2.05) is 0 Å². The number of pyridine rings is 1. The summed E-state index contributed by atoms with van der Waals surface area (Å²) in [6, 6.07) is 3.50. The SMILES string of the molecule is O=C1CCC2(CNC(=O)c3cccnc3)CCCC=C2N1. The average Bonchev–Trinajstić information content (AvgIpc) is 2.54. The summed E-state index contributed by atoms with van der Waals surface area (Å²) in [5.41, 5.74) is 1.45. The molecule has 0 bridgehead atoms. The minimum absolute atomic E-state index is 0.0809. The van der Waals surface area contributed by atoms with Crippen molar-refractivity contribution in [2.75, 3.05) is 6.54 Å². The van der Waals surface area contributed by atoms with Gasteiger partial charge in [-0.15, -0.1) is 0 Å². The monoisotopic (exact) mass is 285 g/mol. The van der Waals surface area contributed by atoms with Gasteiger partial charge in [0, 0.05) is 36.5 Å². The summed E-state index contributed by atoms with van der Waals surface area (Å²) in [5, 5.41) is 5.98. The Labute approximate surface area is 123 Å². The minimum Gasteiger partial charge on any atom is -0.351 e. The normalized spacial score (nSPS) is 24.6. The highest BCUT2D eigenvalue weighted by Crippen LogP contribution is 2.42. The molecule has 1 saturated heterocycles. The third-order valence-electron chi connectivity index (χ3n) is 4.40. The molecule has 1 aromatic rings. The molecule has 1 atom stereocenters. The van der Waals surface area contributed by atoms with Crippen molar-refractivity contribution in [3.05, 3.63) is 41.9 Å². The van der Waals surface area contributed by atoms with Gasteiger partial charge in [0.05, 0.1) is 5.56 Å². The Morgan fingerprint density at radius 2 is 2.33 bits per heavy atom. The lowest BCUT2D eigenvalue weighted by atomic mass is 9.70. The number of fused-ring (bicyclic) bond motifs is 1. The lowest BCUT2D eigenvalue weighted by Gasteiger charge is -2.42.